The van der Waals surface area contributed by atoms with Crippen LogP contribution in [0.1, 0.15) is 37.8 Å². The summed E-state index contributed by atoms with van der Waals surface area (Å²) in [5.41, 5.74) is 6.22. The Morgan fingerprint density at radius 2 is 1.78 bits per heavy atom. The average molecular weight is 633 g/mol. The summed E-state index contributed by atoms with van der Waals surface area (Å²) in [4.78, 5) is 14.0. The highest BCUT2D eigenvalue weighted by molar-refractivity contribution is 7.93. The van der Waals surface area contributed by atoms with E-state index in [0.29, 0.717) is 22.8 Å². The zero-order valence-corrected chi connectivity index (χ0v) is 25.3. The Hall–Kier alpha value is -3.35. The fraction of sp³-hybridized carbons (Fsp3) is 0.370. The van der Waals surface area contributed by atoms with Crippen LogP contribution in [-0.4, -0.2) is 69.1 Å². The number of nitrogens with one attached hydrogen (secondary N) is 2. The minimum Gasteiger partial charge on any atom is -0.490 e. The number of hydrogen-bond acceptors (Lipinski definition) is 7. The number of esters is 1. The maximum atomic E-state index is 13.9. The smallest absolute Gasteiger partial charge is 0.323 e. The number of nitrogens with two attached hydrogens (primary N) is 1. The summed E-state index contributed by atoms with van der Waals surface area (Å²) in [7, 11) is -4.11. The number of sulfonamides is 1. The molecule has 0 bridgehead atoms. The summed E-state index contributed by atoms with van der Waals surface area (Å²) in [6.45, 7) is 4.79. The molecule has 41 heavy (non-hydrogen) atoms. The molecule has 2 aromatic carbocycles. The van der Waals surface area contributed by atoms with E-state index in [9.17, 15) is 17.6 Å². The van der Waals surface area contributed by atoms with Crippen molar-refractivity contribution in [3.63, 3.8) is 0 Å². The van der Waals surface area contributed by atoms with Gasteiger partial charge in [-0.2, -0.15) is 0 Å². The number of piperidine rings is 1. The third kappa shape index (κ3) is 10.2. The molecular weight excluding hydrogens is 596 g/mol. The summed E-state index contributed by atoms with van der Waals surface area (Å²) < 4.78 is 52.2. The van der Waals surface area contributed by atoms with Crippen molar-refractivity contribution in [2.24, 2.45) is 5.73 Å². The van der Waals surface area contributed by atoms with Crippen molar-refractivity contribution in [3.8, 4) is 5.75 Å². The van der Waals surface area contributed by atoms with E-state index in [4.69, 9.17) is 26.0 Å². The van der Waals surface area contributed by atoms with Gasteiger partial charge in [0.05, 0.1) is 30.2 Å². The number of rotatable bonds is 11. The van der Waals surface area contributed by atoms with Crippen LogP contribution < -0.4 is 14.8 Å². The monoisotopic (exact) mass is 631 g/mol. The number of nitrogen functional groups attached to an aromatic ring is 1. The van der Waals surface area contributed by atoms with Gasteiger partial charge in [0.25, 0.3) is 0 Å². The number of likely N-dealkylation sites (tertiary alicyclic amines) is 1. The number of amidine groups is 2. The molecular formula is C27H36Cl2FN5O5S. The number of carbonyl (C=O) groups excluding carboxylic acids is 1. The Bertz CT molecular complexity index is 1330. The molecule has 0 unspecified atom stereocenters. The van der Waals surface area contributed by atoms with E-state index >= 15 is 0 Å². The number of ether oxygens (including phenoxy) is 2. The van der Waals surface area contributed by atoms with Gasteiger partial charge in [-0.15, -0.1) is 24.8 Å². The van der Waals surface area contributed by atoms with Gasteiger partial charge in [0.1, 0.15) is 23.5 Å². The van der Waals surface area contributed by atoms with Crippen molar-refractivity contribution < 1.29 is 27.1 Å². The van der Waals surface area contributed by atoms with Crippen LogP contribution in [0.2, 0.25) is 0 Å². The Balaban J connectivity index is 0.00000420. The van der Waals surface area contributed by atoms with Gasteiger partial charge >= 0.3 is 5.97 Å². The molecule has 0 atom stereocenters. The molecule has 0 spiro atoms. The highest BCUT2D eigenvalue weighted by atomic mass is 35.5. The van der Waals surface area contributed by atoms with E-state index in [0.717, 1.165) is 30.2 Å². The number of carbonyl (C=O) groups is 1. The van der Waals surface area contributed by atoms with Crippen LogP contribution in [0.5, 0.6) is 5.75 Å². The molecule has 10 nitrogen and oxygen atoms in total. The lowest BCUT2D eigenvalue weighted by molar-refractivity contribution is -0.139. The molecule has 1 aliphatic heterocycles. The van der Waals surface area contributed by atoms with Gasteiger partial charge in [-0.3, -0.25) is 19.9 Å². The maximum absolute atomic E-state index is 13.9. The predicted octanol–water partition coefficient (Wildman–Crippen LogP) is 4.21. The van der Waals surface area contributed by atoms with E-state index < -0.39 is 33.4 Å². The maximum Gasteiger partial charge on any atom is 0.323 e. The van der Waals surface area contributed by atoms with Crippen molar-refractivity contribution >= 4 is 64.2 Å². The second kappa shape index (κ2) is 16.2. The lowest BCUT2D eigenvalue weighted by Gasteiger charge is -2.32. The van der Waals surface area contributed by atoms with E-state index in [1.54, 1.807) is 50.3 Å². The third-order valence-electron chi connectivity index (χ3n) is 6.15. The fourth-order valence-electron chi connectivity index (χ4n) is 4.14. The van der Waals surface area contributed by atoms with Crippen LogP contribution in [0.25, 0.3) is 6.08 Å². The predicted molar refractivity (Wildman–Crippen MR) is 164 cm³/mol. The average Bonchev–Trinajstić information content (AvgIpc) is 2.88. The minimum absolute atomic E-state index is 0. The van der Waals surface area contributed by atoms with Crippen LogP contribution in [-0.2, 0) is 19.6 Å². The zero-order valence-electron chi connectivity index (χ0n) is 22.8. The fourth-order valence-corrected chi connectivity index (χ4v) is 5.43. The van der Waals surface area contributed by atoms with Gasteiger partial charge < -0.3 is 20.1 Å². The Kier molecular flexibility index (Phi) is 14.1. The van der Waals surface area contributed by atoms with Crippen molar-refractivity contribution in [2.45, 2.75) is 32.8 Å². The highest BCUT2D eigenvalue weighted by Crippen LogP contribution is 2.25. The number of anilines is 1. The molecule has 4 N–H and O–H groups in total. The Morgan fingerprint density at radius 3 is 2.34 bits per heavy atom. The molecule has 0 saturated carbocycles. The van der Waals surface area contributed by atoms with Gasteiger partial charge in [-0.25, -0.2) is 12.8 Å². The number of halogens is 3. The minimum atomic E-state index is -4.11. The first-order valence-corrected chi connectivity index (χ1v) is 14.1. The van der Waals surface area contributed by atoms with Crippen molar-refractivity contribution in [3.05, 3.63) is 65.5 Å². The standard InChI is InChI=1S/C27H34FN5O5S.2ClH/c1-3-37-26(34)18-39(35,36)33(14-4-5-20-6-11-25(28)24(17-20)27(30)31)21-7-9-22(10-8-21)38-23-12-15-32(16-13-23)19(2)29;;/h4-11,17,23,29H,3,12-16,18H2,1-2H3,(H3,30,31);2*1H/b5-4+,29-19?;;. The summed E-state index contributed by atoms with van der Waals surface area (Å²) in [5, 5.41) is 15.3. The summed E-state index contributed by atoms with van der Waals surface area (Å²) in [6, 6.07) is 10.6. The van der Waals surface area contributed by atoms with Crippen LogP contribution in [0.15, 0.2) is 48.5 Å². The zero-order chi connectivity index (χ0) is 28.6. The second-order valence-corrected chi connectivity index (χ2v) is 10.9. The first-order chi connectivity index (χ1) is 18.5. The molecule has 14 heteroatoms. The molecule has 2 aromatic rings. The van der Waals surface area contributed by atoms with Gasteiger partial charge in [0.15, 0.2) is 5.75 Å². The van der Waals surface area contributed by atoms with Crippen LogP contribution in [0, 0.1) is 16.6 Å². The molecule has 1 saturated heterocycles. The first kappa shape index (κ1) is 35.7. The van der Waals surface area contributed by atoms with Gasteiger partial charge in [0.2, 0.25) is 10.0 Å². The first-order valence-electron chi connectivity index (χ1n) is 12.5. The van der Waals surface area contributed by atoms with E-state index in [2.05, 4.69) is 0 Å². The Morgan fingerprint density at radius 1 is 1.15 bits per heavy atom. The topological polar surface area (TPSA) is 150 Å². The van der Waals surface area contributed by atoms with E-state index in [1.165, 1.54) is 18.2 Å². The molecule has 3 rings (SSSR count). The van der Waals surface area contributed by atoms with Crippen molar-refractivity contribution in [2.75, 3.05) is 36.3 Å². The number of benzene rings is 2. The van der Waals surface area contributed by atoms with Crippen molar-refractivity contribution in [1.29, 1.82) is 10.8 Å². The number of hydrogen-bond donors (Lipinski definition) is 3. The van der Waals surface area contributed by atoms with E-state index in [-0.39, 0.29) is 49.6 Å². The van der Waals surface area contributed by atoms with Crippen molar-refractivity contribution in [1.82, 2.24) is 4.90 Å². The molecule has 1 heterocycles. The quantitative estimate of drug-likeness (QED) is 0.191. The van der Waals surface area contributed by atoms with Crippen LogP contribution in [0.4, 0.5) is 10.1 Å². The summed E-state index contributed by atoms with van der Waals surface area (Å²) >= 11 is 0. The molecule has 1 fully saturated rings. The van der Waals surface area contributed by atoms with Gasteiger partial charge in [-0.1, -0.05) is 18.2 Å². The molecule has 0 amide bonds. The molecule has 0 radical (unpaired) electrons. The lowest BCUT2D eigenvalue weighted by Crippen LogP contribution is -2.40. The summed E-state index contributed by atoms with van der Waals surface area (Å²) in [5.74, 6) is -1.61. The van der Waals surface area contributed by atoms with E-state index in [1.807, 2.05) is 4.90 Å². The summed E-state index contributed by atoms with van der Waals surface area (Å²) in [6.07, 6.45) is 4.69. The number of nitrogens with zero attached hydrogens (tertiary/aromatic N) is 2. The molecule has 0 aliphatic carbocycles. The third-order valence-corrected chi connectivity index (χ3v) is 7.78. The second-order valence-electron chi connectivity index (χ2n) is 9.03. The molecule has 226 valence electrons. The SMILES string of the molecule is CCOC(=O)CS(=O)(=O)N(C/C=C/c1ccc(F)c(C(=N)N)c1)c1ccc(OC2CCN(C(C)=N)CC2)cc1.Cl.Cl. The largest absolute Gasteiger partial charge is 0.490 e. The molecule has 1 aliphatic rings. The molecule has 0 aromatic heterocycles. The highest BCUT2D eigenvalue weighted by Gasteiger charge is 2.26. The van der Waals surface area contributed by atoms with Crippen LogP contribution in [0.3, 0.4) is 0 Å². The van der Waals surface area contributed by atoms with Gasteiger partial charge in [0, 0.05) is 25.9 Å². The van der Waals surface area contributed by atoms with Crippen LogP contribution >= 0.6 is 24.8 Å². The Labute approximate surface area is 252 Å². The lowest BCUT2D eigenvalue weighted by atomic mass is 10.1. The van der Waals surface area contributed by atoms with Gasteiger partial charge in [-0.05, 0) is 55.8 Å². The normalized spacial score (nSPS) is 13.6.